The molecule has 0 fully saturated rings. The van der Waals surface area contributed by atoms with E-state index in [1.54, 1.807) is 24.3 Å². The Morgan fingerprint density at radius 2 is 1.66 bits per heavy atom. The van der Waals surface area contributed by atoms with Crippen LogP contribution in [0.15, 0.2) is 97.2 Å². The Bertz CT molecular complexity index is 2030. The van der Waals surface area contributed by atoms with E-state index in [4.69, 9.17) is 4.74 Å². The number of nitrogens with zero attached hydrogens (tertiary/aromatic N) is 2. The average Bonchev–Trinajstić information content (AvgIpc) is 3.43. The lowest BCUT2D eigenvalue weighted by Crippen LogP contribution is -2.46. The van der Waals surface area contributed by atoms with Gasteiger partial charge in [0.15, 0.2) is 0 Å². The molecule has 2 aliphatic heterocycles. The number of anilines is 2. The molecule has 0 atom stereocenters. The molecule has 0 spiro atoms. The highest BCUT2D eigenvalue weighted by Gasteiger charge is 2.30. The van der Waals surface area contributed by atoms with Crippen LogP contribution in [0.4, 0.5) is 15.8 Å². The van der Waals surface area contributed by atoms with Crippen LogP contribution in [0.2, 0.25) is 0 Å². The van der Waals surface area contributed by atoms with Crippen molar-refractivity contribution in [1.82, 2.24) is 4.98 Å². The molecule has 5 aromatic carbocycles. The minimum atomic E-state index is -0.439. The zero-order chi connectivity index (χ0) is 27.7. The number of fused-ring (bicyclic) bond motifs is 8. The Balaban J connectivity index is 1.14. The second-order valence-corrected chi connectivity index (χ2v) is 10.9. The first-order valence-corrected chi connectivity index (χ1v) is 13.8. The molecule has 6 aromatic rings. The quantitative estimate of drug-likeness (QED) is 0.183. The van der Waals surface area contributed by atoms with Crippen molar-refractivity contribution in [3.63, 3.8) is 0 Å². The molecule has 1 aromatic heterocycles. The highest BCUT2D eigenvalue weighted by atomic mass is 19.1. The molecule has 0 amide bonds. The standard InChI is InChI=1S/C35H26FN3O2/c1-21-4-2-6-29(35(40)41-27-9-10-28-22(15-27)5-3-7-30(28)36)34(21)24-8-11-32-25(14-24)18-39-20-38(32)19-26-16-31-23(12-13-37-31)17-33(26)39/h2-17,37H,18-20H2,1H3. The molecule has 0 unspecified atom stereocenters. The summed E-state index contributed by atoms with van der Waals surface area (Å²) in [5, 5.41) is 2.40. The van der Waals surface area contributed by atoms with Crippen LogP contribution in [0.1, 0.15) is 27.0 Å². The number of carbonyl (C=O) groups is 1. The maximum Gasteiger partial charge on any atom is 0.344 e. The van der Waals surface area contributed by atoms with E-state index in [9.17, 15) is 9.18 Å². The van der Waals surface area contributed by atoms with Crippen molar-refractivity contribution in [3.05, 3.63) is 125 Å². The Hall–Kier alpha value is -5.10. The predicted octanol–water partition coefficient (Wildman–Crippen LogP) is 7.95. The summed E-state index contributed by atoms with van der Waals surface area (Å²) in [6.45, 7) is 4.52. The molecule has 3 heterocycles. The van der Waals surface area contributed by atoms with Crippen LogP contribution in [0.5, 0.6) is 5.75 Å². The Morgan fingerprint density at radius 1 is 0.829 bits per heavy atom. The molecule has 5 nitrogen and oxygen atoms in total. The fraction of sp³-hybridized carbons (Fsp3) is 0.114. The average molecular weight is 540 g/mol. The van der Waals surface area contributed by atoms with Crippen molar-refractivity contribution < 1.29 is 13.9 Å². The lowest BCUT2D eigenvalue weighted by atomic mass is 9.92. The third-order valence-electron chi connectivity index (χ3n) is 8.37. The number of aryl methyl sites for hydroxylation is 1. The topological polar surface area (TPSA) is 48.6 Å². The summed E-state index contributed by atoms with van der Waals surface area (Å²) in [6.07, 6.45) is 1.99. The highest BCUT2D eigenvalue weighted by molar-refractivity contribution is 6.00. The van der Waals surface area contributed by atoms with Crippen molar-refractivity contribution >= 4 is 39.0 Å². The van der Waals surface area contributed by atoms with E-state index in [1.165, 1.54) is 34.0 Å². The van der Waals surface area contributed by atoms with Crippen molar-refractivity contribution in [3.8, 4) is 16.9 Å². The zero-order valence-corrected chi connectivity index (χ0v) is 22.4. The van der Waals surface area contributed by atoms with Crippen LogP contribution in [0, 0.1) is 12.7 Å². The fourth-order valence-electron chi connectivity index (χ4n) is 6.44. The van der Waals surface area contributed by atoms with Gasteiger partial charge in [0.05, 0.1) is 12.2 Å². The maximum atomic E-state index is 14.1. The van der Waals surface area contributed by atoms with Gasteiger partial charge >= 0.3 is 5.97 Å². The monoisotopic (exact) mass is 539 g/mol. The molecule has 2 bridgehead atoms. The second kappa shape index (κ2) is 8.96. The number of hydrogen-bond acceptors (Lipinski definition) is 4. The number of carbonyl (C=O) groups excluding carboxylic acids is 1. The normalized spacial score (nSPS) is 13.8. The summed E-state index contributed by atoms with van der Waals surface area (Å²) in [6, 6.07) is 28.7. The molecule has 41 heavy (non-hydrogen) atoms. The molecule has 0 saturated carbocycles. The molecular weight excluding hydrogens is 513 g/mol. The van der Waals surface area contributed by atoms with Crippen LogP contribution in [-0.2, 0) is 13.1 Å². The molecule has 1 N–H and O–H groups in total. The van der Waals surface area contributed by atoms with E-state index in [0.29, 0.717) is 22.1 Å². The van der Waals surface area contributed by atoms with Gasteiger partial charge in [-0.25, -0.2) is 9.18 Å². The first-order valence-electron chi connectivity index (χ1n) is 13.8. The van der Waals surface area contributed by atoms with Gasteiger partial charge in [0.25, 0.3) is 0 Å². The van der Waals surface area contributed by atoms with Gasteiger partial charge in [-0.15, -0.1) is 0 Å². The number of hydrogen-bond donors (Lipinski definition) is 1. The first kappa shape index (κ1) is 23.8. The van der Waals surface area contributed by atoms with Crippen LogP contribution >= 0.6 is 0 Å². The highest BCUT2D eigenvalue weighted by Crippen LogP contribution is 2.41. The zero-order valence-electron chi connectivity index (χ0n) is 22.4. The summed E-state index contributed by atoms with van der Waals surface area (Å²) < 4.78 is 20.0. The Labute approximate surface area is 236 Å². The number of rotatable bonds is 3. The van der Waals surface area contributed by atoms with Crippen LogP contribution in [-0.4, -0.2) is 17.6 Å². The van der Waals surface area contributed by atoms with Crippen molar-refractivity contribution in [2.24, 2.45) is 0 Å². The van der Waals surface area contributed by atoms with E-state index in [2.05, 4.69) is 51.2 Å². The van der Waals surface area contributed by atoms with E-state index < -0.39 is 5.97 Å². The van der Waals surface area contributed by atoms with Gasteiger partial charge in [-0.2, -0.15) is 0 Å². The number of nitrogens with one attached hydrogen (secondary N) is 1. The summed E-state index contributed by atoms with van der Waals surface area (Å²) in [5.41, 5.74) is 9.56. The lowest BCUT2D eigenvalue weighted by molar-refractivity contribution is 0.0735. The summed E-state index contributed by atoms with van der Waals surface area (Å²) in [7, 11) is 0. The number of halogens is 1. The fourth-order valence-corrected chi connectivity index (χ4v) is 6.44. The summed E-state index contributed by atoms with van der Waals surface area (Å²) in [5.74, 6) is -0.354. The van der Waals surface area contributed by atoms with Crippen molar-refractivity contribution in [2.45, 2.75) is 20.0 Å². The number of esters is 1. The minimum absolute atomic E-state index is 0.299. The number of H-pyrrole nitrogens is 1. The van der Waals surface area contributed by atoms with E-state index >= 15 is 0 Å². The first-order chi connectivity index (χ1) is 20.0. The molecule has 0 saturated heterocycles. The van der Waals surface area contributed by atoms with E-state index in [-0.39, 0.29) is 5.82 Å². The Kier molecular flexibility index (Phi) is 5.19. The number of aromatic nitrogens is 1. The van der Waals surface area contributed by atoms with Gasteiger partial charge in [0, 0.05) is 47.0 Å². The van der Waals surface area contributed by atoms with Crippen LogP contribution in [0.3, 0.4) is 0 Å². The van der Waals surface area contributed by atoms with E-state index in [1.807, 2.05) is 37.4 Å². The lowest BCUT2D eigenvalue weighted by Gasteiger charge is -2.45. The maximum absolute atomic E-state index is 14.1. The molecule has 2 aliphatic rings. The predicted molar refractivity (Wildman–Crippen MR) is 161 cm³/mol. The van der Waals surface area contributed by atoms with Crippen LogP contribution in [0.25, 0.3) is 32.8 Å². The van der Waals surface area contributed by atoms with Gasteiger partial charge in [-0.1, -0.05) is 30.3 Å². The van der Waals surface area contributed by atoms with Crippen molar-refractivity contribution in [1.29, 1.82) is 0 Å². The molecule has 200 valence electrons. The minimum Gasteiger partial charge on any atom is -0.423 e. The number of ether oxygens (including phenoxy) is 1. The van der Waals surface area contributed by atoms with E-state index in [0.717, 1.165) is 42.0 Å². The largest absolute Gasteiger partial charge is 0.423 e. The molecule has 0 aliphatic carbocycles. The van der Waals surface area contributed by atoms with Gasteiger partial charge in [0.2, 0.25) is 0 Å². The molecule has 8 rings (SSSR count). The molecule has 0 radical (unpaired) electrons. The van der Waals surface area contributed by atoms with Crippen LogP contribution < -0.4 is 14.5 Å². The Morgan fingerprint density at radius 3 is 2.56 bits per heavy atom. The van der Waals surface area contributed by atoms with Gasteiger partial charge in [-0.3, -0.25) is 0 Å². The van der Waals surface area contributed by atoms with Crippen molar-refractivity contribution in [2.75, 3.05) is 16.5 Å². The smallest absolute Gasteiger partial charge is 0.344 e. The number of benzene rings is 5. The van der Waals surface area contributed by atoms with Gasteiger partial charge < -0.3 is 19.5 Å². The summed E-state index contributed by atoms with van der Waals surface area (Å²) in [4.78, 5) is 21.7. The third-order valence-corrected chi connectivity index (χ3v) is 8.37. The number of aromatic amines is 1. The molecular formula is C35H26FN3O2. The SMILES string of the molecule is Cc1cccc(C(=O)Oc2ccc3c(F)cccc3c2)c1-c1ccc2c(c1)CN1CN2Cc2cc3[nH]ccc3cc21. The van der Waals surface area contributed by atoms with Gasteiger partial charge in [0.1, 0.15) is 11.6 Å². The molecule has 6 heteroatoms. The summed E-state index contributed by atoms with van der Waals surface area (Å²) >= 11 is 0. The third kappa shape index (κ3) is 3.86. The second-order valence-electron chi connectivity index (χ2n) is 10.9. The van der Waals surface area contributed by atoms with Gasteiger partial charge in [-0.05, 0) is 101 Å².